The van der Waals surface area contributed by atoms with Gasteiger partial charge in [-0.05, 0) is 55.7 Å². The molecule has 4 rings (SSSR count). The van der Waals surface area contributed by atoms with Gasteiger partial charge in [0.2, 0.25) is 5.69 Å². The number of benzene rings is 2. The fourth-order valence-electron chi connectivity index (χ4n) is 3.72. The van der Waals surface area contributed by atoms with Crippen LogP contribution in [0.1, 0.15) is 16.7 Å². The van der Waals surface area contributed by atoms with Crippen LogP contribution in [0.25, 0.3) is 33.2 Å². The Morgan fingerprint density at radius 2 is 1.73 bits per heavy atom. The second-order valence-electron chi connectivity index (χ2n) is 7.07. The summed E-state index contributed by atoms with van der Waals surface area (Å²) in [5.74, 6) is 0. The maximum Gasteiger partial charge on any atom is 0.213 e. The van der Waals surface area contributed by atoms with Gasteiger partial charge in [0, 0.05) is 40.4 Å². The van der Waals surface area contributed by atoms with E-state index in [4.69, 9.17) is 0 Å². The van der Waals surface area contributed by atoms with E-state index in [2.05, 4.69) is 86.0 Å². The Hall–Kier alpha value is -3.00. The highest BCUT2D eigenvalue weighted by Crippen LogP contribution is 2.31. The third-order valence-corrected chi connectivity index (χ3v) is 5.19. The number of pyridine rings is 2. The number of fused-ring (bicyclic) bond motifs is 1. The van der Waals surface area contributed by atoms with Crippen molar-refractivity contribution in [2.75, 3.05) is 0 Å². The standard InChI is InChI=1S/C24H23N2/c1-16-11-17(2)18(3)22(12-16)24-13-23-20(15-26(24)4)7-5-9-21(23)19-8-6-10-25-14-19/h5-15H,1-4H3/q+1. The molecule has 2 aromatic heterocycles. The minimum Gasteiger partial charge on any atom is -0.264 e. The van der Waals surface area contributed by atoms with Crippen LogP contribution >= 0.6 is 0 Å². The van der Waals surface area contributed by atoms with Crippen LogP contribution in [-0.4, -0.2) is 4.98 Å². The first-order valence-electron chi connectivity index (χ1n) is 8.95. The van der Waals surface area contributed by atoms with E-state index in [1.807, 2.05) is 18.5 Å². The second kappa shape index (κ2) is 6.38. The maximum atomic E-state index is 4.30. The second-order valence-corrected chi connectivity index (χ2v) is 7.07. The molecule has 0 atom stereocenters. The topological polar surface area (TPSA) is 16.8 Å². The summed E-state index contributed by atoms with van der Waals surface area (Å²) in [5.41, 5.74) is 8.87. The molecule has 0 radical (unpaired) electrons. The zero-order valence-corrected chi connectivity index (χ0v) is 15.7. The van der Waals surface area contributed by atoms with Gasteiger partial charge >= 0.3 is 0 Å². The summed E-state index contributed by atoms with van der Waals surface area (Å²) >= 11 is 0. The molecule has 0 unspecified atom stereocenters. The van der Waals surface area contributed by atoms with Gasteiger partial charge in [-0.3, -0.25) is 4.98 Å². The van der Waals surface area contributed by atoms with Crippen molar-refractivity contribution >= 4 is 10.8 Å². The smallest absolute Gasteiger partial charge is 0.213 e. The summed E-state index contributed by atoms with van der Waals surface area (Å²) in [4.78, 5) is 4.30. The highest BCUT2D eigenvalue weighted by molar-refractivity contribution is 5.97. The molecular formula is C24H23N2+. The van der Waals surface area contributed by atoms with E-state index in [1.165, 1.54) is 44.3 Å². The monoisotopic (exact) mass is 339 g/mol. The Morgan fingerprint density at radius 1 is 0.885 bits per heavy atom. The number of nitrogens with zero attached hydrogens (tertiary/aromatic N) is 2. The molecule has 0 N–H and O–H groups in total. The first-order valence-corrected chi connectivity index (χ1v) is 8.95. The fraction of sp³-hybridized carbons (Fsp3) is 0.167. The highest BCUT2D eigenvalue weighted by Gasteiger charge is 2.17. The van der Waals surface area contributed by atoms with Crippen molar-refractivity contribution in [2.24, 2.45) is 7.05 Å². The van der Waals surface area contributed by atoms with Crippen LogP contribution in [0.3, 0.4) is 0 Å². The van der Waals surface area contributed by atoms with E-state index >= 15 is 0 Å². The van der Waals surface area contributed by atoms with Crippen LogP contribution in [-0.2, 0) is 7.05 Å². The average Bonchev–Trinajstić information content (AvgIpc) is 2.64. The lowest BCUT2D eigenvalue weighted by molar-refractivity contribution is -0.659. The fourth-order valence-corrected chi connectivity index (χ4v) is 3.72. The Bertz CT molecular complexity index is 1110. The summed E-state index contributed by atoms with van der Waals surface area (Å²) in [6.45, 7) is 6.56. The van der Waals surface area contributed by atoms with Crippen molar-refractivity contribution in [1.29, 1.82) is 0 Å². The summed E-state index contributed by atoms with van der Waals surface area (Å²) in [7, 11) is 2.13. The van der Waals surface area contributed by atoms with Gasteiger partial charge in [0.15, 0.2) is 6.20 Å². The van der Waals surface area contributed by atoms with Crippen LogP contribution in [0.5, 0.6) is 0 Å². The number of aromatic nitrogens is 2. The third kappa shape index (κ3) is 2.78. The molecule has 0 aliphatic heterocycles. The number of hydrogen-bond acceptors (Lipinski definition) is 1. The molecular weight excluding hydrogens is 316 g/mol. The van der Waals surface area contributed by atoms with Crippen molar-refractivity contribution in [3.05, 3.63) is 83.8 Å². The molecule has 0 saturated carbocycles. The minimum absolute atomic E-state index is 1.15. The van der Waals surface area contributed by atoms with Gasteiger partial charge < -0.3 is 0 Å². The molecule has 0 fully saturated rings. The molecule has 2 aromatic carbocycles. The molecule has 26 heavy (non-hydrogen) atoms. The van der Waals surface area contributed by atoms with Gasteiger partial charge in [-0.1, -0.05) is 29.8 Å². The van der Waals surface area contributed by atoms with Gasteiger partial charge in [0.25, 0.3) is 0 Å². The Labute approximate surface area is 154 Å². The van der Waals surface area contributed by atoms with Gasteiger partial charge in [-0.2, -0.15) is 0 Å². The van der Waals surface area contributed by atoms with Crippen molar-refractivity contribution in [3.8, 4) is 22.4 Å². The van der Waals surface area contributed by atoms with Crippen molar-refractivity contribution in [2.45, 2.75) is 20.8 Å². The SMILES string of the molecule is Cc1cc(C)c(C)c(-c2cc3c(-c4cccnc4)cccc3c[n+]2C)c1. The van der Waals surface area contributed by atoms with Gasteiger partial charge in [0.1, 0.15) is 7.05 Å². The lowest BCUT2D eigenvalue weighted by Crippen LogP contribution is -2.30. The molecule has 128 valence electrons. The van der Waals surface area contributed by atoms with Crippen molar-refractivity contribution in [3.63, 3.8) is 0 Å². The molecule has 0 aliphatic carbocycles. The van der Waals surface area contributed by atoms with Gasteiger partial charge in [0.05, 0.1) is 0 Å². The van der Waals surface area contributed by atoms with Crippen LogP contribution in [0.2, 0.25) is 0 Å². The molecule has 0 saturated heterocycles. The van der Waals surface area contributed by atoms with Crippen molar-refractivity contribution in [1.82, 2.24) is 4.98 Å². The maximum absolute atomic E-state index is 4.30. The largest absolute Gasteiger partial charge is 0.264 e. The predicted molar refractivity (Wildman–Crippen MR) is 108 cm³/mol. The van der Waals surface area contributed by atoms with Crippen LogP contribution in [0.15, 0.2) is 67.1 Å². The Kier molecular flexibility index (Phi) is 4.04. The summed E-state index contributed by atoms with van der Waals surface area (Å²) in [5, 5.41) is 2.49. The normalized spacial score (nSPS) is 11.1. The summed E-state index contributed by atoms with van der Waals surface area (Å²) < 4.78 is 2.23. The first-order chi connectivity index (χ1) is 12.5. The predicted octanol–water partition coefficient (Wildman–Crippen LogP) is 5.32. The van der Waals surface area contributed by atoms with E-state index in [0.29, 0.717) is 0 Å². The molecule has 2 heteroatoms. The minimum atomic E-state index is 1.15. The summed E-state index contributed by atoms with van der Waals surface area (Å²) in [6.07, 6.45) is 5.98. The molecule has 0 bridgehead atoms. The number of hydrogen-bond donors (Lipinski definition) is 0. The quantitative estimate of drug-likeness (QED) is 0.452. The van der Waals surface area contributed by atoms with Crippen LogP contribution in [0.4, 0.5) is 0 Å². The Balaban J connectivity index is 2.03. The summed E-state index contributed by atoms with van der Waals surface area (Å²) in [6, 6.07) is 17.4. The average molecular weight is 339 g/mol. The van der Waals surface area contributed by atoms with Crippen LogP contribution < -0.4 is 4.57 Å². The van der Waals surface area contributed by atoms with Crippen molar-refractivity contribution < 1.29 is 4.57 Å². The molecule has 0 spiro atoms. The van der Waals surface area contributed by atoms with E-state index < -0.39 is 0 Å². The number of aryl methyl sites for hydroxylation is 3. The van der Waals surface area contributed by atoms with E-state index in [9.17, 15) is 0 Å². The first kappa shape index (κ1) is 16.5. The zero-order chi connectivity index (χ0) is 18.3. The lowest BCUT2D eigenvalue weighted by atomic mass is 9.94. The Morgan fingerprint density at radius 3 is 2.50 bits per heavy atom. The van der Waals surface area contributed by atoms with Gasteiger partial charge in [-0.25, -0.2) is 4.57 Å². The number of rotatable bonds is 2. The van der Waals surface area contributed by atoms with Crippen LogP contribution in [0, 0.1) is 20.8 Å². The lowest BCUT2D eigenvalue weighted by Gasteiger charge is -2.11. The van der Waals surface area contributed by atoms with E-state index in [1.54, 1.807) is 0 Å². The zero-order valence-electron chi connectivity index (χ0n) is 15.7. The van der Waals surface area contributed by atoms with Gasteiger partial charge in [-0.15, -0.1) is 0 Å². The highest BCUT2D eigenvalue weighted by atomic mass is 14.9. The molecule has 0 aliphatic rings. The molecule has 2 nitrogen and oxygen atoms in total. The van der Waals surface area contributed by atoms with E-state index in [0.717, 1.165) is 5.56 Å². The molecule has 0 amide bonds. The molecule has 2 heterocycles. The third-order valence-electron chi connectivity index (χ3n) is 5.19. The molecule has 4 aromatic rings. The van der Waals surface area contributed by atoms with E-state index in [-0.39, 0.29) is 0 Å².